The van der Waals surface area contributed by atoms with Crippen molar-refractivity contribution in [2.75, 3.05) is 21.0 Å². The number of nitrogens with zero attached hydrogens (tertiary/aromatic N) is 1. The number of ether oxygens (including phenoxy) is 3. The van der Waals surface area contributed by atoms with Gasteiger partial charge >= 0.3 is 11.6 Å². The summed E-state index contributed by atoms with van der Waals surface area (Å²) in [6, 6.07) is 9.52. The number of rotatable bonds is 5. The molecule has 2 heterocycles. The van der Waals surface area contributed by atoms with Gasteiger partial charge in [0.25, 0.3) is 0 Å². The third-order valence-electron chi connectivity index (χ3n) is 5.44. The van der Waals surface area contributed by atoms with E-state index in [-0.39, 0.29) is 12.0 Å². The van der Waals surface area contributed by atoms with Crippen LogP contribution in [0.5, 0.6) is 11.5 Å². The molecule has 162 valence electrons. The number of carbonyl (C=O) groups excluding carboxylic acids is 1. The van der Waals surface area contributed by atoms with Crippen LogP contribution in [-0.2, 0) is 29.0 Å². The Morgan fingerprint density at radius 3 is 2.81 bits per heavy atom. The van der Waals surface area contributed by atoms with Crippen molar-refractivity contribution in [2.45, 2.75) is 26.4 Å². The quantitative estimate of drug-likeness (QED) is 0.438. The predicted molar refractivity (Wildman–Crippen MR) is 116 cm³/mol. The summed E-state index contributed by atoms with van der Waals surface area (Å²) in [5.41, 5.74) is 2.54. The Morgan fingerprint density at radius 2 is 2.06 bits per heavy atom. The van der Waals surface area contributed by atoms with E-state index in [4.69, 9.17) is 30.2 Å². The summed E-state index contributed by atoms with van der Waals surface area (Å²) in [6.07, 6.45) is -0.159. The fraction of sp³-hybridized carbons (Fsp3) is 0.304. The molecule has 8 heteroatoms. The molecule has 2 aromatic carbocycles. The minimum Gasteiger partial charge on any atom is -0.497 e. The number of halogens is 1. The van der Waals surface area contributed by atoms with Crippen molar-refractivity contribution in [2.24, 2.45) is 0 Å². The second kappa shape index (κ2) is 8.61. The summed E-state index contributed by atoms with van der Waals surface area (Å²) >= 11 is 6.49. The third kappa shape index (κ3) is 4.11. The molecule has 0 aliphatic carbocycles. The maximum Gasteiger partial charge on any atom is 0.340 e. The number of hydrogen-bond donors (Lipinski definition) is 0. The Balaban J connectivity index is 1.73. The van der Waals surface area contributed by atoms with E-state index in [0.29, 0.717) is 52.7 Å². The Morgan fingerprint density at radius 1 is 1.26 bits per heavy atom. The molecule has 4 rings (SSSR count). The van der Waals surface area contributed by atoms with E-state index >= 15 is 0 Å². The molecule has 1 aromatic heterocycles. The van der Waals surface area contributed by atoms with Crippen molar-refractivity contribution in [3.8, 4) is 11.5 Å². The van der Waals surface area contributed by atoms with Crippen LogP contribution in [0, 0.1) is 6.92 Å². The van der Waals surface area contributed by atoms with Gasteiger partial charge in [0.2, 0.25) is 0 Å². The molecular weight excluding hydrogens is 422 g/mol. The number of methoxy groups -OCH3 is 2. The smallest absolute Gasteiger partial charge is 0.340 e. The van der Waals surface area contributed by atoms with Crippen molar-refractivity contribution in [3.63, 3.8) is 0 Å². The van der Waals surface area contributed by atoms with Crippen LogP contribution in [0.3, 0.4) is 0 Å². The summed E-state index contributed by atoms with van der Waals surface area (Å²) in [4.78, 5) is 26.4. The Bertz CT molecular complexity index is 1220. The monoisotopic (exact) mass is 443 g/mol. The molecule has 0 saturated carbocycles. The van der Waals surface area contributed by atoms with E-state index in [2.05, 4.69) is 4.90 Å². The molecule has 7 nitrogen and oxygen atoms in total. The Hall–Kier alpha value is -3.03. The van der Waals surface area contributed by atoms with Gasteiger partial charge in [0.15, 0.2) is 0 Å². The van der Waals surface area contributed by atoms with E-state index in [9.17, 15) is 9.59 Å². The van der Waals surface area contributed by atoms with Gasteiger partial charge in [0.1, 0.15) is 23.8 Å². The average Bonchev–Trinajstić information content (AvgIpc) is 2.77. The first kappa shape index (κ1) is 21.2. The van der Waals surface area contributed by atoms with Crippen molar-refractivity contribution in [1.82, 2.24) is 4.90 Å². The van der Waals surface area contributed by atoms with E-state index in [1.807, 2.05) is 24.3 Å². The lowest BCUT2D eigenvalue weighted by Crippen LogP contribution is -2.32. The highest BCUT2D eigenvalue weighted by molar-refractivity contribution is 6.33. The van der Waals surface area contributed by atoms with E-state index in [0.717, 1.165) is 11.3 Å². The standard InChI is InChI=1S/C23H22ClNO6/c1-13-16-8-19(24)22-18(21(16)31-23(27)17(13)9-20(26)29-3)11-25(12-30-22)10-14-5-4-6-15(7-14)28-2/h4-8H,9-12H2,1-3H3. The maximum absolute atomic E-state index is 12.6. The molecule has 0 unspecified atom stereocenters. The second-order valence-electron chi connectivity index (χ2n) is 7.40. The van der Waals surface area contributed by atoms with Crippen LogP contribution < -0.4 is 15.1 Å². The lowest BCUT2D eigenvalue weighted by molar-refractivity contribution is -0.139. The van der Waals surface area contributed by atoms with Crippen LogP contribution in [-0.4, -0.2) is 31.8 Å². The first-order valence-electron chi connectivity index (χ1n) is 9.73. The van der Waals surface area contributed by atoms with Crippen molar-refractivity contribution in [1.29, 1.82) is 0 Å². The normalized spacial score (nSPS) is 13.5. The van der Waals surface area contributed by atoms with E-state index in [1.165, 1.54) is 7.11 Å². The molecule has 0 N–H and O–H groups in total. The van der Waals surface area contributed by atoms with Crippen LogP contribution in [0.25, 0.3) is 11.0 Å². The number of aryl methyl sites for hydroxylation is 1. The van der Waals surface area contributed by atoms with E-state index < -0.39 is 11.6 Å². The number of benzene rings is 2. The van der Waals surface area contributed by atoms with Gasteiger partial charge in [0, 0.05) is 18.5 Å². The highest BCUT2D eigenvalue weighted by Crippen LogP contribution is 2.40. The largest absolute Gasteiger partial charge is 0.497 e. The third-order valence-corrected chi connectivity index (χ3v) is 5.72. The first-order chi connectivity index (χ1) is 14.9. The molecule has 0 saturated heterocycles. The van der Waals surface area contributed by atoms with Gasteiger partial charge in [-0.3, -0.25) is 9.69 Å². The number of carbonyl (C=O) groups is 1. The van der Waals surface area contributed by atoms with Crippen LogP contribution in [0.1, 0.15) is 22.3 Å². The summed E-state index contributed by atoms with van der Waals surface area (Å²) in [6.45, 7) is 3.23. The molecule has 0 amide bonds. The summed E-state index contributed by atoms with van der Waals surface area (Å²) in [5.74, 6) is 0.787. The van der Waals surface area contributed by atoms with Crippen LogP contribution >= 0.6 is 11.6 Å². The molecule has 1 aliphatic rings. The Labute approximate surface area is 184 Å². The van der Waals surface area contributed by atoms with Gasteiger partial charge in [-0.1, -0.05) is 23.7 Å². The average molecular weight is 444 g/mol. The zero-order valence-corrected chi connectivity index (χ0v) is 18.2. The molecule has 0 fully saturated rings. The van der Waals surface area contributed by atoms with Gasteiger partial charge in [0.05, 0.1) is 36.8 Å². The number of esters is 1. The minimum atomic E-state index is -0.565. The number of fused-ring (bicyclic) bond motifs is 3. The second-order valence-corrected chi connectivity index (χ2v) is 7.81. The molecule has 31 heavy (non-hydrogen) atoms. The SMILES string of the molecule is COC(=O)Cc1c(C)c2cc(Cl)c3c(c2oc1=O)CN(Cc1cccc(OC)c1)CO3. The summed E-state index contributed by atoms with van der Waals surface area (Å²) in [7, 11) is 2.91. The van der Waals surface area contributed by atoms with Crippen LogP contribution in [0.15, 0.2) is 39.5 Å². The molecule has 0 bridgehead atoms. The summed E-state index contributed by atoms with van der Waals surface area (Å²) in [5, 5.41) is 1.11. The minimum absolute atomic E-state index is 0.159. The topological polar surface area (TPSA) is 78.2 Å². The molecule has 1 aliphatic heterocycles. The zero-order valence-electron chi connectivity index (χ0n) is 17.5. The van der Waals surface area contributed by atoms with Gasteiger partial charge in [-0.2, -0.15) is 0 Å². The van der Waals surface area contributed by atoms with E-state index in [1.54, 1.807) is 20.1 Å². The van der Waals surface area contributed by atoms with Crippen molar-refractivity contribution in [3.05, 3.63) is 68.0 Å². The van der Waals surface area contributed by atoms with Gasteiger partial charge in [-0.15, -0.1) is 0 Å². The van der Waals surface area contributed by atoms with Crippen molar-refractivity contribution < 1.29 is 23.4 Å². The predicted octanol–water partition coefficient (Wildman–Crippen LogP) is 3.83. The lowest BCUT2D eigenvalue weighted by atomic mass is 10.00. The molecule has 0 atom stereocenters. The first-order valence-corrected chi connectivity index (χ1v) is 10.1. The molecule has 3 aromatic rings. The molecule has 0 radical (unpaired) electrons. The van der Waals surface area contributed by atoms with Gasteiger partial charge < -0.3 is 18.6 Å². The highest BCUT2D eigenvalue weighted by atomic mass is 35.5. The fourth-order valence-corrected chi connectivity index (χ4v) is 4.09. The zero-order chi connectivity index (χ0) is 22.1. The Kier molecular flexibility index (Phi) is 5.89. The maximum atomic E-state index is 12.6. The van der Waals surface area contributed by atoms with Gasteiger partial charge in [-0.25, -0.2) is 4.79 Å². The van der Waals surface area contributed by atoms with Crippen LogP contribution in [0.2, 0.25) is 5.02 Å². The van der Waals surface area contributed by atoms with Gasteiger partial charge in [-0.05, 0) is 36.2 Å². The van der Waals surface area contributed by atoms with Crippen molar-refractivity contribution >= 4 is 28.5 Å². The number of hydrogen-bond acceptors (Lipinski definition) is 7. The van der Waals surface area contributed by atoms with Crippen LogP contribution in [0.4, 0.5) is 0 Å². The molecular formula is C23H22ClNO6. The molecule has 0 spiro atoms. The lowest BCUT2D eigenvalue weighted by Gasteiger charge is -2.30. The highest BCUT2D eigenvalue weighted by Gasteiger charge is 2.26. The fourth-order valence-electron chi connectivity index (χ4n) is 3.81. The summed E-state index contributed by atoms with van der Waals surface area (Å²) < 4.78 is 21.6.